The number of rotatable bonds is 4. The Bertz CT molecular complexity index is 3170. The molecule has 4 nitrogen and oxygen atoms in total. The lowest BCUT2D eigenvalue weighted by atomic mass is 9.94. The van der Waals surface area contributed by atoms with Crippen LogP contribution in [0.2, 0.25) is 0 Å². The quantitative estimate of drug-likeness (QED) is 0.188. The molecule has 0 bridgehead atoms. The fourth-order valence-electron chi connectivity index (χ4n) is 8.21. The van der Waals surface area contributed by atoms with E-state index >= 15 is 0 Å². The minimum absolute atomic E-state index is 0.669. The van der Waals surface area contributed by atoms with Crippen LogP contribution in [0, 0.1) is 0 Å². The van der Waals surface area contributed by atoms with Crippen LogP contribution in [0.4, 0.5) is 0 Å². The molecular weight excluding hydrogens is 633 g/mol. The van der Waals surface area contributed by atoms with Gasteiger partial charge in [-0.15, -0.1) is 0 Å². The van der Waals surface area contributed by atoms with Gasteiger partial charge in [-0.2, -0.15) is 0 Å². The van der Waals surface area contributed by atoms with Crippen LogP contribution in [-0.4, -0.2) is 19.1 Å². The van der Waals surface area contributed by atoms with Gasteiger partial charge in [0.2, 0.25) is 5.95 Å². The van der Waals surface area contributed by atoms with Gasteiger partial charge in [0.05, 0.1) is 27.6 Å². The number of nitrogens with zero attached hydrogens (tertiary/aromatic N) is 4. The molecule has 0 saturated heterocycles. The summed E-state index contributed by atoms with van der Waals surface area (Å²) in [5.74, 6) is 0.669. The van der Waals surface area contributed by atoms with E-state index in [1.807, 2.05) is 18.3 Å². The second-order valence-electron chi connectivity index (χ2n) is 13.4. The van der Waals surface area contributed by atoms with Gasteiger partial charge in [0.15, 0.2) is 0 Å². The Labute approximate surface area is 299 Å². The highest BCUT2D eigenvalue weighted by atomic mass is 15.2. The molecule has 0 aliphatic carbocycles. The molecule has 11 rings (SSSR count). The molecule has 4 heteroatoms. The zero-order valence-corrected chi connectivity index (χ0v) is 28.1. The van der Waals surface area contributed by atoms with E-state index in [1.54, 1.807) is 0 Å². The smallest absolute Gasteiger partial charge is 0.235 e. The van der Waals surface area contributed by atoms with Crippen molar-refractivity contribution in [2.24, 2.45) is 0 Å². The maximum Gasteiger partial charge on any atom is 0.235 e. The van der Waals surface area contributed by atoms with Gasteiger partial charge in [0.1, 0.15) is 0 Å². The summed E-state index contributed by atoms with van der Waals surface area (Å²) < 4.78 is 4.62. The van der Waals surface area contributed by atoms with E-state index in [2.05, 4.69) is 173 Å². The SMILES string of the molecule is c1ccc(-c2ccc(-n3c4ccccc4c4cc(-c5cc6c(c7ccccc57)c5ccccc5n6-c5ncc6ccccc6n5)ccc43)cc2)cc1. The number of benzene rings is 8. The number of aromatic nitrogens is 4. The highest BCUT2D eigenvalue weighted by Gasteiger charge is 2.20. The Hall–Kier alpha value is -7.04. The lowest BCUT2D eigenvalue weighted by molar-refractivity contribution is 1.01. The van der Waals surface area contributed by atoms with Crippen molar-refractivity contribution in [2.75, 3.05) is 0 Å². The van der Waals surface area contributed by atoms with Crippen molar-refractivity contribution in [1.82, 2.24) is 19.1 Å². The van der Waals surface area contributed by atoms with E-state index in [0.29, 0.717) is 5.95 Å². The predicted molar refractivity (Wildman–Crippen MR) is 217 cm³/mol. The average molecular weight is 663 g/mol. The molecule has 0 fully saturated rings. The first kappa shape index (κ1) is 28.8. The maximum absolute atomic E-state index is 5.08. The van der Waals surface area contributed by atoms with E-state index in [0.717, 1.165) is 27.6 Å². The molecule has 0 aliphatic heterocycles. The molecule has 0 unspecified atom stereocenters. The second-order valence-corrected chi connectivity index (χ2v) is 13.4. The van der Waals surface area contributed by atoms with Crippen LogP contribution < -0.4 is 0 Å². The van der Waals surface area contributed by atoms with Crippen LogP contribution >= 0.6 is 0 Å². The van der Waals surface area contributed by atoms with Crippen molar-refractivity contribution in [2.45, 2.75) is 0 Å². The molecule has 3 aromatic heterocycles. The van der Waals surface area contributed by atoms with E-state index in [4.69, 9.17) is 9.97 Å². The number of fused-ring (bicyclic) bond motifs is 9. The average Bonchev–Trinajstić information content (AvgIpc) is 3.73. The molecular formula is C48H30N4. The zero-order valence-electron chi connectivity index (χ0n) is 28.1. The number of hydrogen-bond donors (Lipinski definition) is 0. The van der Waals surface area contributed by atoms with Crippen molar-refractivity contribution < 1.29 is 0 Å². The van der Waals surface area contributed by atoms with Gasteiger partial charge in [-0.3, -0.25) is 4.57 Å². The van der Waals surface area contributed by atoms with Gasteiger partial charge in [0.25, 0.3) is 0 Å². The monoisotopic (exact) mass is 662 g/mol. The van der Waals surface area contributed by atoms with Crippen molar-refractivity contribution in [3.63, 3.8) is 0 Å². The number of para-hydroxylation sites is 3. The van der Waals surface area contributed by atoms with Crippen molar-refractivity contribution in [3.05, 3.63) is 182 Å². The molecule has 8 aromatic carbocycles. The number of hydrogen-bond acceptors (Lipinski definition) is 2. The first-order valence-electron chi connectivity index (χ1n) is 17.7. The zero-order chi connectivity index (χ0) is 34.2. The Balaban J connectivity index is 1.15. The van der Waals surface area contributed by atoms with E-state index in [9.17, 15) is 0 Å². The summed E-state index contributed by atoms with van der Waals surface area (Å²) in [4.78, 5) is 9.99. The summed E-state index contributed by atoms with van der Waals surface area (Å²) >= 11 is 0. The fourth-order valence-corrected chi connectivity index (χ4v) is 8.21. The molecule has 11 aromatic rings. The molecule has 0 aliphatic rings. The van der Waals surface area contributed by atoms with Gasteiger partial charge >= 0.3 is 0 Å². The first-order chi connectivity index (χ1) is 25.8. The minimum atomic E-state index is 0.669. The van der Waals surface area contributed by atoms with Crippen molar-refractivity contribution >= 4 is 65.3 Å². The molecule has 52 heavy (non-hydrogen) atoms. The van der Waals surface area contributed by atoms with Crippen LogP contribution in [0.15, 0.2) is 182 Å². The van der Waals surface area contributed by atoms with Gasteiger partial charge in [-0.25, -0.2) is 9.97 Å². The second kappa shape index (κ2) is 11.2. The highest BCUT2D eigenvalue weighted by molar-refractivity contribution is 6.24. The summed E-state index contributed by atoms with van der Waals surface area (Å²) in [6.45, 7) is 0. The summed E-state index contributed by atoms with van der Waals surface area (Å²) in [7, 11) is 0. The summed E-state index contributed by atoms with van der Waals surface area (Å²) in [6, 6.07) is 63.1. The third-order valence-corrected chi connectivity index (χ3v) is 10.6. The predicted octanol–water partition coefficient (Wildman–Crippen LogP) is 12.3. The molecule has 0 N–H and O–H groups in total. The standard InChI is InChI=1S/C48H30N4/c1-2-12-31(13-3-1)32-22-25-35(26-23-32)51-43-20-10-7-16-37(43)41-28-33(24-27-45(41)51)40-29-46-47(38-17-6-5-15-36(38)40)39-18-8-11-21-44(39)52(46)48-49-30-34-14-4-9-19-42(34)50-48/h1-30H. The van der Waals surface area contributed by atoms with Gasteiger partial charge in [-0.1, -0.05) is 127 Å². The Morgan fingerprint density at radius 1 is 0.385 bits per heavy atom. The Morgan fingerprint density at radius 3 is 1.83 bits per heavy atom. The van der Waals surface area contributed by atoms with E-state index in [1.165, 1.54) is 65.6 Å². The first-order valence-corrected chi connectivity index (χ1v) is 17.7. The molecule has 0 amide bonds. The van der Waals surface area contributed by atoms with Crippen LogP contribution in [0.25, 0.3) is 99.2 Å². The van der Waals surface area contributed by atoms with Crippen molar-refractivity contribution in [1.29, 1.82) is 0 Å². The Morgan fingerprint density at radius 2 is 1.00 bits per heavy atom. The summed E-state index contributed by atoms with van der Waals surface area (Å²) in [5, 5.41) is 8.32. The molecule has 242 valence electrons. The van der Waals surface area contributed by atoms with Crippen molar-refractivity contribution in [3.8, 4) is 33.9 Å². The van der Waals surface area contributed by atoms with Crippen LogP contribution in [0.5, 0.6) is 0 Å². The van der Waals surface area contributed by atoms with Gasteiger partial charge in [0, 0.05) is 38.8 Å². The normalized spacial score (nSPS) is 11.8. The molecule has 0 saturated carbocycles. The minimum Gasteiger partial charge on any atom is -0.309 e. The fraction of sp³-hybridized carbons (Fsp3) is 0. The van der Waals surface area contributed by atoms with E-state index < -0.39 is 0 Å². The lowest BCUT2D eigenvalue weighted by Crippen LogP contribution is -2.01. The highest BCUT2D eigenvalue weighted by Crippen LogP contribution is 2.43. The summed E-state index contributed by atoms with van der Waals surface area (Å²) in [6.07, 6.45) is 1.93. The topological polar surface area (TPSA) is 35.6 Å². The van der Waals surface area contributed by atoms with Crippen LogP contribution in [-0.2, 0) is 0 Å². The van der Waals surface area contributed by atoms with E-state index in [-0.39, 0.29) is 0 Å². The van der Waals surface area contributed by atoms with Gasteiger partial charge < -0.3 is 4.57 Å². The third kappa shape index (κ3) is 4.28. The van der Waals surface area contributed by atoms with Gasteiger partial charge in [-0.05, 0) is 81.6 Å². The largest absolute Gasteiger partial charge is 0.309 e. The molecule has 3 heterocycles. The lowest BCUT2D eigenvalue weighted by Gasteiger charge is -2.13. The van der Waals surface area contributed by atoms with Crippen LogP contribution in [0.1, 0.15) is 0 Å². The molecule has 0 atom stereocenters. The maximum atomic E-state index is 5.08. The Kier molecular flexibility index (Phi) is 6.22. The van der Waals surface area contributed by atoms with Crippen LogP contribution in [0.3, 0.4) is 0 Å². The molecule has 0 radical (unpaired) electrons. The summed E-state index contributed by atoms with van der Waals surface area (Å²) in [5.41, 5.74) is 11.4. The molecule has 0 spiro atoms. The third-order valence-electron chi connectivity index (χ3n) is 10.6.